The number of benzene rings is 1. The summed E-state index contributed by atoms with van der Waals surface area (Å²) in [6.07, 6.45) is 0. The molecule has 0 aliphatic carbocycles. The summed E-state index contributed by atoms with van der Waals surface area (Å²) in [5.74, 6) is 0.189. The zero-order valence-corrected chi connectivity index (χ0v) is 12.7. The quantitative estimate of drug-likeness (QED) is 0.815. The van der Waals surface area contributed by atoms with Crippen molar-refractivity contribution in [1.29, 1.82) is 0 Å². The van der Waals surface area contributed by atoms with Gasteiger partial charge in [-0.3, -0.25) is 4.79 Å². The predicted molar refractivity (Wildman–Crippen MR) is 80.5 cm³/mol. The van der Waals surface area contributed by atoms with Gasteiger partial charge in [0, 0.05) is 23.3 Å². The molecule has 0 aliphatic heterocycles. The maximum Gasteiger partial charge on any atom is 0.253 e. The molecule has 0 spiro atoms. The number of hydrogen-bond acceptors (Lipinski definition) is 3. The second kappa shape index (κ2) is 6.78. The second-order valence-electron chi connectivity index (χ2n) is 5.32. The molecule has 1 aromatic rings. The summed E-state index contributed by atoms with van der Waals surface area (Å²) in [5, 5.41) is 3.55. The molecule has 5 heteroatoms. The Bertz CT molecular complexity index is 446. The largest absolute Gasteiger partial charge is 0.398 e. The van der Waals surface area contributed by atoms with Crippen LogP contribution in [0, 0.1) is 5.92 Å². The van der Waals surface area contributed by atoms with Gasteiger partial charge in [-0.05, 0) is 38.2 Å². The molecule has 1 atom stereocenters. The molecule has 0 saturated heterocycles. The van der Waals surface area contributed by atoms with Crippen LogP contribution in [0.3, 0.4) is 0 Å². The molecular formula is C14H22ClN3O. The first-order valence-corrected chi connectivity index (χ1v) is 6.69. The van der Waals surface area contributed by atoms with Gasteiger partial charge in [0.2, 0.25) is 0 Å². The molecule has 19 heavy (non-hydrogen) atoms. The molecule has 4 nitrogen and oxygen atoms in total. The summed E-state index contributed by atoms with van der Waals surface area (Å²) in [5.41, 5.74) is 6.69. The highest BCUT2D eigenvalue weighted by atomic mass is 35.5. The van der Waals surface area contributed by atoms with Crippen molar-refractivity contribution in [3.8, 4) is 0 Å². The lowest BCUT2D eigenvalue weighted by atomic mass is 10.0. The van der Waals surface area contributed by atoms with Crippen molar-refractivity contribution in [2.75, 3.05) is 26.4 Å². The molecule has 0 radical (unpaired) electrons. The molecule has 1 unspecified atom stereocenters. The van der Waals surface area contributed by atoms with Crippen molar-refractivity contribution in [3.05, 3.63) is 28.8 Å². The Kier molecular flexibility index (Phi) is 5.63. The standard InChI is InChI=1S/C14H22ClN3O/c1-9(2)13(8-18(3)4)17-14(19)11-6-5-10(15)7-12(11)16/h5-7,9,13H,8,16H2,1-4H3,(H,17,19). The molecule has 3 N–H and O–H groups in total. The van der Waals surface area contributed by atoms with E-state index in [-0.39, 0.29) is 11.9 Å². The van der Waals surface area contributed by atoms with E-state index >= 15 is 0 Å². The van der Waals surface area contributed by atoms with Crippen LogP contribution in [0.5, 0.6) is 0 Å². The van der Waals surface area contributed by atoms with Crippen molar-refractivity contribution < 1.29 is 4.79 Å². The maximum absolute atomic E-state index is 12.2. The predicted octanol–water partition coefficient (Wildman–Crippen LogP) is 2.24. The van der Waals surface area contributed by atoms with E-state index in [9.17, 15) is 4.79 Å². The first-order chi connectivity index (χ1) is 8.81. The van der Waals surface area contributed by atoms with E-state index in [1.54, 1.807) is 18.2 Å². The Labute approximate surface area is 119 Å². The van der Waals surface area contributed by atoms with Gasteiger partial charge in [-0.25, -0.2) is 0 Å². The molecule has 0 saturated carbocycles. The summed E-state index contributed by atoms with van der Waals surface area (Å²) in [4.78, 5) is 14.3. The number of carbonyl (C=O) groups excluding carboxylic acids is 1. The van der Waals surface area contributed by atoms with Gasteiger partial charge in [0.05, 0.1) is 5.56 Å². The monoisotopic (exact) mass is 283 g/mol. The fourth-order valence-corrected chi connectivity index (χ4v) is 1.98. The summed E-state index contributed by atoms with van der Waals surface area (Å²) < 4.78 is 0. The van der Waals surface area contributed by atoms with E-state index in [4.69, 9.17) is 17.3 Å². The van der Waals surface area contributed by atoms with Gasteiger partial charge in [-0.1, -0.05) is 25.4 Å². The molecule has 0 aliphatic rings. The summed E-state index contributed by atoms with van der Waals surface area (Å²) in [6, 6.07) is 4.99. The third-order valence-electron chi connectivity index (χ3n) is 2.94. The smallest absolute Gasteiger partial charge is 0.253 e. The highest BCUT2D eigenvalue weighted by molar-refractivity contribution is 6.31. The van der Waals surface area contributed by atoms with Gasteiger partial charge in [-0.15, -0.1) is 0 Å². The van der Waals surface area contributed by atoms with E-state index in [2.05, 4.69) is 24.1 Å². The molecule has 0 aromatic heterocycles. The number of nitrogens with zero attached hydrogens (tertiary/aromatic N) is 1. The van der Waals surface area contributed by atoms with Crippen LogP contribution in [0.15, 0.2) is 18.2 Å². The molecule has 1 rings (SSSR count). The number of likely N-dealkylation sites (N-methyl/N-ethyl adjacent to an activating group) is 1. The number of halogens is 1. The molecule has 106 valence electrons. The lowest BCUT2D eigenvalue weighted by Crippen LogP contribution is -2.45. The van der Waals surface area contributed by atoms with Crippen molar-refractivity contribution >= 4 is 23.2 Å². The number of nitrogens with one attached hydrogen (secondary N) is 1. The van der Waals surface area contributed by atoms with E-state index in [1.807, 2.05) is 14.1 Å². The number of nitrogens with two attached hydrogens (primary N) is 1. The highest BCUT2D eigenvalue weighted by Crippen LogP contribution is 2.18. The van der Waals surface area contributed by atoms with Crippen molar-refractivity contribution in [2.24, 2.45) is 5.92 Å². The van der Waals surface area contributed by atoms with Crippen LogP contribution in [0.1, 0.15) is 24.2 Å². The van der Waals surface area contributed by atoms with Crippen LogP contribution in [0.4, 0.5) is 5.69 Å². The van der Waals surface area contributed by atoms with Gasteiger partial charge in [0.15, 0.2) is 0 Å². The van der Waals surface area contributed by atoms with E-state index in [0.717, 1.165) is 6.54 Å². The van der Waals surface area contributed by atoms with E-state index in [0.29, 0.717) is 22.2 Å². The first-order valence-electron chi connectivity index (χ1n) is 6.32. The Morgan fingerprint density at radius 2 is 2.05 bits per heavy atom. The van der Waals surface area contributed by atoms with Crippen LogP contribution in [-0.2, 0) is 0 Å². The highest BCUT2D eigenvalue weighted by Gasteiger charge is 2.19. The molecular weight excluding hydrogens is 262 g/mol. The average molecular weight is 284 g/mol. The number of nitrogen functional groups attached to an aromatic ring is 1. The Balaban J connectivity index is 2.81. The average Bonchev–Trinajstić information content (AvgIpc) is 2.26. The van der Waals surface area contributed by atoms with Crippen molar-refractivity contribution in [2.45, 2.75) is 19.9 Å². The Morgan fingerprint density at radius 1 is 1.42 bits per heavy atom. The molecule has 1 aromatic carbocycles. The third kappa shape index (κ3) is 4.73. The van der Waals surface area contributed by atoms with Gasteiger partial charge in [0.1, 0.15) is 0 Å². The third-order valence-corrected chi connectivity index (χ3v) is 3.18. The number of hydrogen-bond donors (Lipinski definition) is 2. The lowest BCUT2D eigenvalue weighted by Gasteiger charge is -2.25. The summed E-state index contributed by atoms with van der Waals surface area (Å²) >= 11 is 5.83. The topological polar surface area (TPSA) is 58.4 Å². The van der Waals surface area contributed by atoms with Crippen LogP contribution < -0.4 is 11.1 Å². The summed E-state index contributed by atoms with van der Waals surface area (Å²) in [7, 11) is 3.97. The van der Waals surface area contributed by atoms with Crippen molar-refractivity contribution in [3.63, 3.8) is 0 Å². The van der Waals surface area contributed by atoms with E-state index in [1.165, 1.54) is 0 Å². The van der Waals surface area contributed by atoms with Gasteiger partial charge in [0.25, 0.3) is 5.91 Å². The minimum absolute atomic E-state index is 0.0811. The van der Waals surface area contributed by atoms with Gasteiger partial charge in [-0.2, -0.15) is 0 Å². The zero-order valence-electron chi connectivity index (χ0n) is 11.9. The number of carbonyl (C=O) groups is 1. The van der Waals surface area contributed by atoms with Crippen LogP contribution in [0.25, 0.3) is 0 Å². The number of anilines is 1. The Morgan fingerprint density at radius 3 is 2.53 bits per heavy atom. The molecule has 0 heterocycles. The number of rotatable bonds is 5. The molecule has 0 bridgehead atoms. The molecule has 1 amide bonds. The maximum atomic E-state index is 12.2. The number of amides is 1. The SMILES string of the molecule is CC(C)C(CN(C)C)NC(=O)c1ccc(Cl)cc1N. The normalized spacial score (nSPS) is 12.8. The first kappa shape index (κ1) is 15.8. The van der Waals surface area contributed by atoms with Crippen LogP contribution in [-0.4, -0.2) is 37.5 Å². The lowest BCUT2D eigenvalue weighted by molar-refractivity contribution is 0.0917. The Hall–Kier alpha value is -1.26. The summed E-state index contributed by atoms with van der Waals surface area (Å²) in [6.45, 7) is 4.95. The fourth-order valence-electron chi connectivity index (χ4n) is 1.80. The van der Waals surface area contributed by atoms with Gasteiger partial charge < -0.3 is 16.0 Å². The van der Waals surface area contributed by atoms with Crippen LogP contribution in [0.2, 0.25) is 5.02 Å². The van der Waals surface area contributed by atoms with E-state index < -0.39 is 0 Å². The minimum Gasteiger partial charge on any atom is -0.398 e. The minimum atomic E-state index is -0.158. The molecule has 0 fully saturated rings. The second-order valence-corrected chi connectivity index (χ2v) is 5.75. The van der Waals surface area contributed by atoms with Gasteiger partial charge >= 0.3 is 0 Å². The zero-order chi connectivity index (χ0) is 14.6. The van der Waals surface area contributed by atoms with Crippen molar-refractivity contribution in [1.82, 2.24) is 10.2 Å². The van der Waals surface area contributed by atoms with Crippen LogP contribution >= 0.6 is 11.6 Å². The fraction of sp³-hybridized carbons (Fsp3) is 0.500.